The standard InChI is InChI=1S/C15H21N3O5S/c1-8-6-10(18(17-8)9-4-5-24(22,23)7-9)16-13(19)11-12(14(20)21)15(11,2)3/h6,9,11-12H,4-5,7H2,1-3H3,(H,16,19)(H,20,21)/t9-,11+,12+/m0/s1. The first kappa shape index (κ1) is 16.9. The van der Waals surface area contributed by atoms with Gasteiger partial charge in [-0.05, 0) is 18.8 Å². The number of aromatic nitrogens is 2. The van der Waals surface area contributed by atoms with Crippen LogP contribution < -0.4 is 5.32 Å². The topological polar surface area (TPSA) is 118 Å². The molecule has 24 heavy (non-hydrogen) atoms. The molecule has 1 aromatic rings. The number of aryl methyl sites for hydroxylation is 1. The third-order valence-electron chi connectivity index (χ3n) is 5.04. The summed E-state index contributed by atoms with van der Waals surface area (Å²) in [4.78, 5) is 23.7. The molecule has 1 saturated heterocycles. The normalized spacial score (nSPS) is 30.0. The van der Waals surface area contributed by atoms with Gasteiger partial charge in [0.25, 0.3) is 0 Å². The van der Waals surface area contributed by atoms with Gasteiger partial charge in [-0.25, -0.2) is 13.1 Å². The van der Waals surface area contributed by atoms with Crippen molar-refractivity contribution in [1.82, 2.24) is 9.78 Å². The van der Waals surface area contributed by atoms with Crippen molar-refractivity contribution in [2.45, 2.75) is 33.2 Å². The van der Waals surface area contributed by atoms with Crippen LogP contribution in [0.2, 0.25) is 0 Å². The van der Waals surface area contributed by atoms with Crippen LogP contribution >= 0.6 is 0 Å². The van der Waals surface area contributed by atoms with Gasteiger partial charge in [0.1, 0.15) is 5.82 Å². The van der Waals surface area contributed by atoms with Gasteiger partial charge < -0.3 is 10.4 Å². The third-order valence-corrected chi connectivity index (χ3v) is 6.79. The summed E-state index contributed by atoms with van der Waals surface area (Å²) in [5.41, 5.74) is 0.0754. The predicted octanol–water partition coefficient (Wildman–Crippen LogP) is 0.846. The molecule has 2 heterocycles. The van der Waals surface area contributed by atoms with Crippen LogP contribution in [0.4, 0.5) is 5.82 Å². The van der Waals surface area contributed by atoms with E-state index in [4.69, 9.17) is 0 Å². The van der Waals surface area contributed by atoms with Crippen molar-refractivity contribution in [2.24, 2.45) is 17.3 Å². The maximum absolute atomic E-state index is 12.5. The summed E-state index contributed by atoms with van der Waals surface area (Å²) in [5.74, 6) is -2.12. The fourth-order valence-corrected chi connectivity index (χ4v) is 5.34. The summed E-state index contributed by atoms with van der Waals surface area (Å²) in [5, 5.41) is 16.2. The van der Waals surface area contributed by atoms with Gasteiger partial charge in [0.2, 0.25) is 5.91 Å². The molecule has 3 atom stereocenters. The molecule has 2 aliphatic rings. The van der Waals surface area contributed by atoms with Gasteiger partial charge in [0.05, 0.1) is 35.1 Å². The van der Waals surface area contributed by atoms with Crippen molar-refractivity contribution in [3.63, 3.8) is 0 Å². The van der Waals surface area contributed by atoms with E-state index in [0.717, 1.165) is 0 Å². The fourth-order valence-electron chi connectivity index (χ4n) is 3.65. The molecule has 3 rings (SSSR count). The van der Waals surface area contributed by atoms with Gasteiger partial charge in [-0.15, -0.1) is 0 Å². The highest BCUT2D eigenvalue weighted by molar-refractivity contribution is 7.91. The summed E-state index contributed by atoms with van der Waals surface area (Å²) >= 11 is 0. The first-order chi connectivity index (χ1) is 11.0. The number of rotatable bonds is 4. The molecule has 0 aromatic carbocycles. The lowest BCUT2D eigenvalue weighted by Gasteiger charge is -2.14. The Labute approximate surface area is 140 Å². The smallest absolute Gasteiger partial charge is 0.307 e. The summed E-state index contributed by atoms with van der Waals surface area (Å²) in [6.45, 7) is 5.26. The highest BCUT2D eigenvalue weighted by Crippen LogP contribution is 2.58. The molecule has 1 saturated carbocycles. The van der Waals surface area contributed by atoms with E-state index in [1.54, 1.807) is 31.5 Å². The molecule has 132 valence electrons. The van der Waals surface area contributed by atoms with Gasteiger partial charge in [-0.2, -0.15) is 5.10 Å². The minimum atomic E-state index is -3.07. The monoisotopic (exact) mass is 355 g/mol. The minimum absolute atomic E-state index is 0.00363. The molecule has 2 N–H and O–H groups in total. The van der Waals surface area contributed by atoms with Crippen LogP contribution in [0.15, 0.2) is 6.07 Å². The summed E-state index contributed by atoms with van der Waals surface area (Å²) in [6, 6.07) is 1.37. The van der Waals surface area contributed by atoms with Crippen LogP contribution in [0.3, 0.4) is 0 Å². The quantitative estimate of drug-likeness (QED) is 0.826. The van der Waals surface area contributed by atoms with Gasteiger partial charge in [0.15, 0.2) is 9.84 Å². The molecule has 1 amide bonds. The first-order valence-corrected chi connectivity index (χ1v) is 9.65. The number of carboxylic acid groups (broad SMARTS) is 1. The minimum Gasteiger partial charge on any atom is -0.481 e. The number of amides is 1. The number of carbonyl (C=O) groups excluding carboxylic acids is 1. The fraction of sp³-hybridized carbons (Fsp3) is 0.667. The van der Waals surface area contributed by atoms with E-state index in [0.29, 0.717) is 17.9 Å². The molecule has 9 heteroatoms. The van der Waals surface area contributed by atoms with E-state index >= 15 is 0 Å². The lowest BCUT2D eigenvalue weighted by atomic mass is 10.1. The SMILES string of the molecule is Cc1cc(NC(=O)[C@H]2[C@H](C(=O)O)C2(C)C)n([C@H]2CCS(=O)(=O)C2)n1. The highest BCUT2D eigenvalue weighted by Gasteiger charge is 2.66. The van der Waals surface area contributed by atoms with Crippen LogP contribution in [0.1, 0.15) is 32.0 Å². The summed E-state index contributed by atoms with van der Waals surface area (Å²) in [6.07, 6.45) is 0.457. The Morgan fingerprint density at radius 1 is 1.38 bits per heavy atom. The van der Waals surface area contributed by atoms with Crippen LogP contribution in [-0.4, -0.2) is 46.7 Å². The predicted molar refractivity (Wildman–Crippen MR) is 86.3 cm³/mol. The number of anilines is 1. The molecule has 0 spiro atoms. The Kier molecular flexibility index (Phi) is 3.74. The molecule has 1 aromatic heterocycles. The van der Waals surface area contributed by atoms with Crippen LogP contribution in [-0.2, 0) is 19.4 Å². The second-order valence-corrected chi connectivity index (χ2v) is 9.51. The Morgan fingerprint density at radius 2 is 2.04 bits per heavy atom. The van der Waals surface area contributed by atoms with Crippen molar-refractivity contribution in [2.75, 3.05) is 16.8 Å². The maximum Gasteiger partial charge on any atom is 0.307 e. The zero-order valence-corrected chi connectivity index (χ0v) is 14.6. The molecular formula is C15H21N3O5S. The molecule has 0 bridgehead atoms. The van der Waals surface area contributed by atoms with Crippen LogP contribution in [0.25, 0.3) is 0 Å². The lowest BCUT2D eigenvalue weighted by Crippen LogP contribution is -2.22. The lowest BCUT2D eigenvalue weighted by molar-refractivity contribution is -0.140. The Hall–Kier alpha value is -1.90. The Bertz CT molecular complexity index is 811. The van der Waals surface area contributed by atoms with E-state index < -0.39 is 33.1 Å². The summed E-state index contributed by atoms with van der Waals surface area (Å²) < 4.78 is 24.9. The van der Waals surface area contributed by atoms with Crippen molar-refractivity contribution in [1.29, 1.82) is 0 Å². The van der Waals surface area contributed by atoms with Crippen molar-refractivity contribution in [3.05, 3.63) is 11.8 Å². The number of nitrogens with zero attached hydrogens (tertiary/aromatic N) is 2. The Morgan fingerprint density at radius 3 is 2.54 bits per heavy atom. The number of aliphatic carboxylic acids is 1. The van der Waals surface area contributed by atoms with Crippen molar-refractivity contribution in [3.8, 4) is 0 Å². The number of sulfone groups is 1. The maximum atomic E-state index is 12.5. The molecule has 1 aliphatic heterocycles. The highest BCUT2D eigenvalue weighted by atomic mass is 32.2. The zero-order chi connectivity index (χ0) is 17.9. The summed E-state index contributed by atoms with van der Waals surface area (Å²) in [7, 11) is -3.07. The largest absolute Gasteiger partial charge is 0.481 e. The van der Waals surface area contributed by atoms with Crippen molar-refractivity contribution >= 4 is 27.5 Å². The molecule has 0 unspecified atom stereocenters. The van der Waals surface area contributed by atoms with Gasteiger partial charge in [-0.1, -0.05) is 13.8 Å². The molecular weight excluding hydrogens is 334 g/mol. The number of carboxylic acids is 1. The third kappa shape index (κ3) is 2.81. The van der Waals surface area contributed by atoms with E-state index in [1.165, 1.54) is 0 Å². The second kappa shape index (κ2) is 5.30. The number of hydrogen-bond donors (Lipinski definition) is 2. The number of hydrogen-bond acceptors (Lipinski definition) is 5. The first-order valence-electron chi connectivity index (χ1n) is 7.83. The van der Waals surface area contributed by atoms with E-state index in [1.807, 2.05) is 0 Å². The van der Waals surface area contributed by atoms with E-state index in [-0.39, 0.29) is 23.5 Å². The van der Waals surface area contributed by atoms with Gasteiger partial charge >= 0.3 is 5.97 Å². The molecule has 2 fully saturated rings. The van der Waals surface area contributed by atoms with Gasteiger partial charge in [0, 0.05) is 6.07 Å². The molecule has 1 aliphatic carbocycles. The zero-order valence-electron chi connectivity index (χ0n) is 13.8. The average molecular weight is 355 g/mol. The number of nitrogens with one attached hydrogen (secondary N) is 1. The molecule has 8 nitrogen and oxygen atoms in total. The average Bonchev–Trinajstić information content (AvgIpc) is 2.70. The molecule has 0 radical (unpaired) electrons. The Balaban J connectivity index is 1.79. The van der Waals surface area contributed by atoms with Crippen molar-refractivity contribution < 1.29 is 23.1 Å². The van der Waals surface area contributed by atoms with Gasteiger partial charge in [-0.3, -0.25) is 9.59 Å². The van der Waals surface area contributed by atoms with Crippen LogP contribution in [0, 0.1) is 24.2 Å². The van der Waals surface area contributed by atoms with Crippen LogP contribution in [0.5, 0.6) is 0 Å². The van der Waals surface area contributed by atoms with E-state index in [2.05, 4.69) is 10.4 Å². The second-order valence-electron chi connectivity index (χ2n) is 7.28. The number of carbonyl (C=O) groups is 2. The van der Waals surface area contributed by atoms with E-state index in [9.17, 15) is 23.1 Å².